The zero-order chi connectivity index (χ0) is 12.0. The van der Waals surface area contributed by atoms with Crippen molar-refractivity contribution in [1.82, 2.24) is 9.80 Å². The van der Waals surface area contributed by atoms with E-state index in [0.29, 0.717) is 18.2 Å². The van der Waals surface area contributed by atoms with Crippen LogP contribution in [0.25, 0.3) is 0 Å². The summed E-state index contributed by atoms with van der Waals surface area (Å²) >= 11 is 0. The van der Waals surface area contributed by atoms with Gasteiger partial charge in [0.05, 0.1) is 6.54 Å². The van der Waals surface area contributed by atoms with Gasteiger partial charge in [0.2, 0.25) is 0 Å². The van der Waals surface area contributed by atoms with Crippen LogP contribution in [0.3, 0.4) is 0 Å². The summed E-state index contributed by atoms with van der Waals surface area (Å²) in [4.78, 5) is 16.0. The first-order valence-electron chi connectivity index (χ1n) is 5.65. The van der Waals surface area contributed by atoms with Gasteiger partial charge >= 0.3 is 0 Å². The van der Waals surface area contributed by atoms with Gasteiger partial charge in [-0.05, 0) is 40.5 Å². The molecule has 0 fully saturated rings. The maximum atomic E-state index is 12.0. The predicted molar refractivity (Wildman–Crippen MR) is 65.1 cm³/mol. The fraction of sp³-hybridized carbons (Fsp3) is 0.917. The van der Waals surface area contributed by atoms with Crippen molar-refractivity contribution in [3.05, 3.63) is 0 Å². The molecule has 0 aliphatic rings. The average molecular weight is 214 g/mol. The molecule has 0 radical (unpaired) electrons. The monoisotopic (exact) mass is 214 g/mol. The molecule has 3 heteroatoms. The highest BCUT2D eigenvalue weighted by molar-refractivity contribution is 5.83. The topological polar surface area (TPSA) is 23.6 Å². The molecule has 0 heterocycles. The van der Waals surface area contributed by atoms with Crippen LogP contribution in [0, 0.1) is 11.8 Å². The maximum Gasteiger partial charge on any atom is 0.151 e. The van der Waals surface area contributed by atoms with E-state index in [2.05, 4.69) is 18.7 Å². The lowest BCUT2D eigenvalue weighted by molar-refractivity contribution is -0.124. The van der Waals surface area contributed by atoms with Crippen LogP contribution in [0.1, 0.15) is 20.3 Å². The van der Waals surface area contributed by atoms with Crippen LogP contribution in [-0.4, -0.2) is 56.9 Å². The maximum absolute atomic E-state index is 12.0. The molecule has 0 saturated carbocycles. The third-order valence-corrected chi connectivity index (χ3v) is 2.27. The minimum Gasteiger partial charge on any atom is -0.309 e. The fourth-order valence-corrected chi connectivity index (χ4v) is 1.76. The Balaban J connectivity index is 4.27. The first-order chi connectivity index (χ1) is 6.82. The molecule has 15 heavy (non-hydrogen) atoms. The summed E-state index contributed by atoms with van der Waals surface area (Å²) in [6.45, 7) is 5.77. The second-order valence-corrected chi connectivity index (χ2v) is 5.29. The van der Waals surface area contributed by atoms with E-state index >= 15 is 0 Å². The standard InChI is InChI=1S/C12H26N2O/c1-10(2)7-11(8-13(3)4)12(15)9-14(5)6/h10-11H,7-9H2,1-6H3. The molecule has 90 valence electrons. The molecule has 0 amide bonds. The van der Waals surface area contributed by atoms with Crippen LogP contribution < -0.4 is 0 Å². The van der Waals surface area contributed by atoms with Gasteiger partial charge in [0, 0.05) is 12.5 Å². The Morgan fingerprint density at radius 2 is 1.60 bits per heavy atom. The van der Waals surface area contributed by atoms with Gasteiger partial charge in [0.25, 0.3) is 0 Å². The van der Waals surface area contributed by atoms with Crippen LogP contribution in [0.5, 0.6) is 0 Å². The van der Waals surface area contributed by atoms with Gasteiger partial charge in [-0.1, -0.05) is 13.8 Å². The SMILES string of the molecule is CC(C)CC(CN(C)C)C(=O)CN(C)C. The highest BCUT2D eigenvalue weighted by Crippen LogP contribution is 2.14. The van der Waals surface area contributed by atoms with Crippen molar-refractivity contribution in [2.45, 2.75) is 20.3 Å². The third kappa shape index (κ3) is 7.51. The van der Waals surface area contributed by atoms with Crippen molar-refractivity contribution in [1.29, 1.82) is 0 Å². The number of likely N-dealkylation sites (N-methyl/N-ethyl adjacent to an activating group) is 1. The number of carbonyl (C=O) groups excluding carboxylic acids is 1. The Hall–Kier alpha value is -0.410. The Bertz CT molecular complexity index is 178. The Morgan fingerprint density at radius 3 is 1.93 bits per heavy atom. The normalized spacial score (nSPS) is 13.9. The second kappa shape index (κ2) is 6.96. The summed E-state index contributed by atoms with van der Waals surface area (Å²) in [5.41, 5.74) is 0. The summed E-state index contributed by atoms with van der Waals surface area (Å²) in [7, 11) is 7.94. The molecule has 0 rings (SSSR count). The van der Waals surface area contributed by atoms with Gasteiger partial charge in [-0.25, -0.2) is 0 Å². The van der Waals surface area contributed by atoms with Crippen LogP contribution in [0.4, 0.5) is 0 Å². The zero-order valence-corrected chi connectivity index (χ0v) is 11.1. The molecule has 1 atom stereocenters. The molecular weight excluding hydrogens is 188 g/mol. The summed E-state index contributed by atoms with van der Waals surface area (Å²) in [5, 5.41) is 0. The highest BCUT2D eigenvalue weighted by Gasteiger charge is 2.20. The molecule has 0 aliphatic carbocycles. The Kier molecular flexibility index (Phi) is 6.77. The largest absolute Gasteiger partial charge is 0.309 e. The number of nitrogens with zero attached hydrogens (tertiary/aromatic N) is 2. The van der Waals surface area contributed by atoms with Crippen molar-refractivity contribution < 1.29 is 4.79 Å². The van der Waals surface area contributed by atoms with Crippen LogP contribution in [0.15, 0.2) is 0 Å². The number of hydrogen-bond donors (Lipinski definition) is 0. The minimum atomic E-state index is 0.183. The van der Waals surface area contributed by atoms with E-state index in [1.807, 2.05) is 33.1 Å². The fourth-order valence-electron chi connectivity index (χ4n) is 1.76. The Labute approximate surface area is 94.4 Å². The van der Waals surface area contributed by atoms with E-state index < -0.39 is 0 Å². The molecule has 1 unspecified atom stereocenters. The molecule has 0 aromatic rings. The van der Waals surface area contributed by atoms with Crippen molar-refractivity contribution in [3.8, 4) is 0 Å². The number of hydrogen-bond acceptors (Lipinski definition) is 3. The number of ketones is 1. The van der Waals surface area contributed by atoms with Gasteiger partial charge in [-0.15, -0.1) is 0 Å². The molecule has 0 N–H and O–H groups in total. The van der Waals surface area contributed by atoms with Crippen molar-refractivity contribution in [2.24, 2.45) is 11.8 Å². The van der Waals surface area contributed by atoms with E-state index in [-0.39, 0.29) is 5.92 Å². The molecule has 3 nitrogen and oxygen atoms in total. The van der Waals surface area contributed by atoms with E-state index in [1.165, 1.54) is 0 Å². The van der Waals surface area contributed by atoms with Crippen molar-refractivity contribution in [2.75, 3.05) is 41.3 Å². The first kappa shape index (κ1) is 14.6. The van der Waals surface area contributed by atoms with E-state index in [4.69, 9.17) is 0 Å². The minimum absolute atomic E-state index is 0.183. The third-order valence-electron chi connectivity index (χ3n) is 2.27. The Morgan fingerprint density at radius 1 is 1.07 bits per heavy atom. The van der Waals surface area contributed by atoms with E-state index in [1.54, 1.807) is 0 Å². The average Bonchev–Trinajstić information content (AvgIpc) is 1.99. The molecule has 0 spiro atoms. The lowest BCUT2D eigenvalue weighted by atomic mass is 9.92. The van der Waals surface area contributed by atoms with Gasteiger partial charge in [0.1, 0.15) is 0 Å². The smallest absolute Gasteiger partial charge is 0.151 e. The van der Waals surface area contributed by atoms with Crippen molar-refractivity contribution >= 4 is 5.78 Å². The van der Waals surface area contributed by atoms with Gasteiger partial charge < -0.3 is 9.80 Å². The summed E-state index contributed by atoms with van der Waals surface area (Å²) in [5.74, 6) is 1.13. The van der Waals surface area contributed by atoms with E-state index in [0.717, 1.165) is 13.0 Å². The molecule has 0 aromatic carbocycles. The zero-order valence-electron chi connectivity index (χ0n) is 11.1. The van der Waals surface area contributed by atoms with Crippen LogP contribution in [-0.2, 0) is 4.79 Å². The molecule has 0 aromatic heterocycles. The predicted octanol–water partition coefficient (Wildman–Crippen LogP) is 1.34. The van der Waals surface area contributed by atoms with Gasteiger partial charge in [-0.2, -0.15) is 0 Å². The van der Waals surface area contributed by atoms with Crippen LogP contribution >= 0.6 is 0 Å². The lowest BCUT2D eigenvalue weighted by Gasteiger charge is -2.23. The molecular formula is C12H26N2O. The van der Waals surface area contributed by atoms with Crippen LogP contribution in [0.2, 0.25) is 0 Å². The van der Waals surface area contributed by atoms with Gasteiger partial charge in [-0.3, -0.25) is 4.79 Å². The lowest BCUT2D eigenvalue weighted by Crippen LogP contribution is -2.34. The molecule has 0 bridgehead atoms. The highest BCUT2D eigenvalue weighted by atomic mass is 16.1. The quantitative estimate of drug-likeness (QED) is 0.639. The van der Waals surface area contributed by atoms with Crippen molar-refractivity contribution in [3.63, 3.8) is 0 Å². The summed E-state index contributed by atoms with van der Waals surface area (Å²) in [6.07, 6.45) is 0.991. The number of carbonyl (C=O) groups is 1. The number of Topliss-reactive ketones (excluding diaryl/α,β-unsaturated/α-hetero) is 1. The summed E-state index contributed by atoms with van der Waals surface area (Å²) < 4.78 is 0. The van der Waals surface area contributed by atoms with Gasteiger partial charge in [0.15, 0.2) is 5.78 Å². The molecule has 0 aliphatic heterocycles. The second-order valence-electron chi connectivity index (χ2n) is 5.29. The first-order valence-corrected chi connectivity index (χ1v) is 5.65. The number of rotatable bonds is 7. The van der Waals surface area contributed by atoms with E-state index in [9.17, 15) is 4.79 Å². The molecule has 0 saturated heterocycles. The summed E-state index contributed by atoms with van der Waals surface area (Å²) in [6, 6.07) is 0.